The number of carbonyl (C=O) groups is 1. The first-order valence-corrected chi connectivity index (χ1v) is 7.25. The SMILES string of the molecule is CCCNC(=O)c1[nH]c2ccc(C(C)(C)C)cc2c1C. The maximum atomic E-state index is 12.1. The third-order valence-corrected chi connectivity index (χ3v) is 3.69. The molecule has 1 heterocycles. The molecule has 0 fully saturated rings. The number of aryl methyl sites for hydroxylation is 1. The van der Waals surface area contributed by atoms with E-state index in [1.165, 1.54) is 5.56 Å². The molecule has 1 amide bonds. The van der Waals surface area contributed by atoms with Crippen LogP contribution in [-0.2, 0) is 5.41 Å². The van der Waals surface area contributed by atoms with E-state index >= 15 is 0 Å². The van der Waals surface area contributed by atoms with Gasteiger partial charge in [-0.05, 0) is 42.0 Å². The van der Waals surface area contributed by atoms with Gasteiger partial charge in [0.1, 0.15) is 5.69 Å². The van der Waals surface area contributed by atoms with Crippen LogP contribution in [0.4, 0.5) is 0 Å². The summed E-state index contributed by atoms with van der Waals surface area (Å²) in [6.07, 6.45) is 0.944. The molecule has 0 spiro atoms. The molecular weight excluding hydrogens is 248 g/mol. The summed E-state index contributed by atoms with van der Waals surface area (Å²) in [7, 11) is 0. The average Bonchev–Trinajstić information content (AvgIpc) is 2.72. The molecule has 0 bridgehead atoms. The zero-order chi connectivity index (χ0) is 14.9. The van der Waals surface area contributed by atoms with Crippen LogP contribution in [-0.4, -0.2) is 17.4 Å². The molecule has 1 aromatic heterocycles. The number of rotatable bonds is 3. The fourth-order valence-electron chi connectivity index (χ4n) is 2.35. The van der Waals surface area contributed by atoms with Gasteiger partial charge < -0.3 is 10.3 Å². The molecule has 0 saturated carbocycles. The van der Waals surface area contributed by atoms with Crippen molar-refractivity contribution < 1.29 is 4.79 Å². The van der Waals surface area contributed by atoms with Crippen molar-refractivity contribution in [2.45, 2.75) is 46.5 Å². The molecule has 2 rings (SSSR count). The maximum absolute atomic E-state index is 12.1. The molecule has 0 aliphatic rings. The molecule has 3 nitrogen and oxygen atoms in total. The molecular formula is C17H24N2O. The number of benzene rings is 1. The normalized spacial score (nSPS) is 11.8. The van der Waals surface area contributed by atoms with Crippen molar-refractivity contribution in [3.63, 3.8) is 0 Å². The zero-order valence-corrected chi connectivity index (χ0v) is 13.1. The molecule has 3 heteroatoms. The summed E-state index contributed by atoms with van der Waals surface area (Å²) in [6.45, 7) is 11.4. The van der Waals surface area contributed by atoms with Gasteiger partial charge in [0, 0.05) is 17.4 Å². The molecule has 0 aliphatic heterocycles. The van der Waals surface area contributed by atoms with Gasteiger partial charge in [-0.2, -0.15) is 0 Å². The number of aromatic amines is 1. The Morgan fingerprint density at radius 1 is 1.30 bits per heavy atom. The Bertz CT molecular complexity index is 632. The molecule has 0 radical (unpaired) electrons. The highest BCUT2D eigenvalue weighted by Gasteiger charge is 2.18. The van der Waals surface area contributed by atoms with Crippen molar-refractivity contribution in [3.8, 4) is 0 Å². The van der Waals surface area contributed by atoms with E-state index in [1.807, 2.05) is 13.8 Å². The number of fused-ring (bicyclic) bond motifs is 1. The average molecular weight is 272 g/mol. The first-order chi connectivity index (χ1) is 9.34. The topological polar surface area (TPSA) is 44.9 Å². The van der Waals surface area contributed by atoms with Crippen LogP contribution in [0.3, 0.4) is 0 Å². The van der Waals surface area contributed by atoms with Gasteiger partial charge in [-0.3, -0.25) is 4.79 Å². The standard InChI is InChI=1S/C17H24N2O/c1-6-9-18-16(20)15-11(2)13-10-12(17(3,4)5)7-8-14(13)19-15/h7-8,10,19H,6,9H2,1-5H3,(H,18,20). The first-order valence-electron chi connectivity index (χ1n) is 7.25. The van der Waals surface area contributed by atoms with E-state index in [1.54, 1.807) is 0 Å². The number of hydrogen-bond donors (Lipinski definition) is 2. The van der Waals surface area contributed by atoms with Gasteiger partial charge in [-0.1, -0.05) is 33.8 Å². The summed E-state index contributed by atoms with van der Waals surface area (Å²) >= 11 is 0. The Hall–Kier alpha value is -1.77. The maximum Gasteiger partial charge on any atom is 0.268 e. The fourth-order valence-corrected chi connectivity index (χ4v) is 2.35. The number of carbonyl (C=O) groups excluding carboxylic acids is 1. The van der Waals surface area contributed by atoms with Crippen LogP contribution >= 0.6 is 0 Å². The predicted octanol–water partition coefficient (Wildman–Crippen LogP) is 3.91. The fraction of sp³-hybridized carbons (Fsp3) is 0.471. The molecule has 0 atom stereocenters. The largest absolute Gasteiger partial charge is 0.351 e. The second-order valence-electron chi connectivity index (χ2n) is 6.39. The molecule has 0 unspecified atom stereocenters. The summed E-state index contributed by atoms with van der Waals surface area (Å²) in [4.78, 5) is 15.4. The van der Waals surface area contributed by atoms with Gasteiger partial charge >= 0.3 is 0 Å². The van der Waals surface area contributed by atoms with E-state index < -0.39 is 0 Å². The van der Waals surface area contributed by atoms with E-state index in [0.717, 1.165) is 22.9 Å². The minimum atomic E-state index is -0.0159. The minimum absolute atomic E-state index is 0.0159. The van der Waals surface area contributed by atoms with Crippen LogP contribution in [0.25, 0.3) is 10.9 Å². The zero-order valence-electron chi connectivity index (χ0n) is 13.1. The van der Waals surface area contributed by atoms with Crippen LogP contribution < -0.4 is 5.32 Å². The van der Waals surface area contributed by atoms with Crippen LogP contribution in [0.5, 0.6) is 0 Å². The van der Waals surface area contributed by atoms with Gasteiger partial charge in [0.25, 0.3) is 5.91 Å². The number of hydrogen-bond acceptors (Lipinski definition) is 1. The van der Waals surface area contributed by atoms with Gasteiger partial charge in [-0.15, -0.1) is 0 Å². The summed E-state index contributed by atoms with van der Waals surface area (Å²) < 4.78 is 0. The van der Waals surface area contributed by atoms with Crippen molar-refractivity contribution in [3.05, 3.63) is 35.0 Å². The molecule has 108 valence electrons. The predicted molar refractivity (Wildman–Crippen MR) is 84.4 cm³/mol. The van der Waals surface area contributed by atoms with Gasteiger partial charge in [0.15, 0.2) is 0 Å². The Morgan fingerprint density at radius 2 is 2.00 bits per heavy atom. The minimum Gasteiger partial charge on any atom is -0.351 e. The Balaban J connectivity index is 2.45. The van der Waals surface area contributed by atoms with Crippen molar-refractivity contribution in [1.82, 2.24) is 10.3 Å². The van der Waals surface area contributed by atoms with Crippen LogP contribution in [0, 0.1) is 6.92 Å². The van der Waals surface area contributed by atoms with Crippen molar-refractivity contribution >= 4 is 16.8 Å². The second kappa shape index (κ2) is 5.31. The lowest BCUT2D eigenvalue weighted by molar-refractivity contribution is 0.0949. The molecule has 20 heavy (non-hydrogen) atoms. The lowest BCUT2D eigenvalue weighted by Crippen LogP contribution is -2.24. The monoisotopic (exact) mass is 272 g/mol. The van der Waals surface area contributed by atoms with Crippen molar-refractivity contribution in [1.29, 1.82) is 0 Å². The highest BCUT2D eigenvalue weighted by atomic mass is 16.1. The second-order valence-corrected chi connectivity index (χ2v) is 6.39. The summed E-state index contributed by atoms with van der Waals surface area (Å²) in [6, 6.07) is 6.39. The highest BCUT2D eigenvalue weighted by molar-refractivity contribution is 6.01. The van der Waals surface area contributed by atoms with Gasteiger partial charge in [-0.25, -0.2) is 0 Å². The Labute approximate surface area is 120 Å². The molecule has 2 N–H and O–H groups in total. The van der Waals surface area contributed by atoms with E-state index in [2.05, 4.69) is 49.3 Å². The number of H-pyrrole nitrogens is 1. The molecule has 0 aliphatic carbocycles. The van der Waals surface area contributed by atoms with E-state index in [9.17, 15) is 4.79 Å². The van der Waals surface area contributed by atoms with E-state index in [0.29, 0.717) is 12.2 Å². The third kappa shape index (κ3) is 2.72. The van der Waals surface area contributed by atoms with Gasteiger partial charge in [0.05, 0.1) is 0 Å². The van der Waals surface area contributed by atoms with Crippen LogP contribution in [0.1, 0.15) is 55.7 Å². The van der Waals surface area contributed by atoms with Gasteiger partial charge in [0.2, 0.25) is 0 Å². The molecule has 0 saturated heterocycles. The van der Waals surface area contributed by atoms with E-state index in [-0.39, 0.29) is 11.3 Å². The first kappa shape index (κ1) is 14.6. The van der Waals surface area contributed by atoms with Crippen molar-refractivity contribution in [2.24, 2.45) is 0 Å². The lowest BCUT2D eigenvalue weighted by atomic mass is 9.86. The Morgan fingerprint density at radius 3 is 2.60 bits per heavy atom. The Kier molecular flexibility index (Phi) is 3.89. The van der Waals surface area contributed by atoms with Crippen LogP contribution in [0.15, 0.2) is 18.2 Å². The smallest absolute Gasteiger partial charge is 0.268 e. The number of nitrogens with one attached hydrogen (secondary N) is 2. The summed E-state index contributed by atoms with van der Waals surface area (Å²) in [5.74, 6) is -0.0159. The summed E-state index contributed by atoms with van der Waals surface area (Å²) in [5, 5.41) is 4.06. The number of aromatic nitrogens is 1. The summed E-state index contributed by atoms with van der Waals surface area (Å²) in [5.41, 5.74) is 4.13. The molecule has 1 aromatic carbocycles. The van der Waals surface area contributed by atoms with E-state index in [4.69, 9.17) is 0 Å². The third-order valence-electron chi connectivity index (χ3n) is 3.69. The quantitative estimate of drug-likeness (QED) is 0.874. The molecule has 2 aromatic rings. The number of amides is 1. The van der Waals surface area contributed by atoms with Crippen molar-refractivity contribution in [2.75, 3.05) is 6.54 Å². The van der Waals surface area contributed by atoms with Crippen LogP contribution in [0.2, 0.25) is 0 Å². The highest BCUT2D eigenvalue weighted by Crippen LogP contribution is 2.28. The lowest BCUT2D eigenvalue weighted by Gasteiger charge is -2.18.